The number of Topliss-reactive ketones (excluding diaryl/α,β-unsaturated/α-hetero) is 1. The van der Waals surface area contributed by atoms with E-state index in [-0.39, 0.29) is 73.5 Å². The third-order valence-corrected chi connectivity index (χ3v) is 5.29. The van der Waals surface area contributed by atoms with Crippen LogP contribution in [0.1, 0.15) is 48.2 Å². The van der Waals surface area contributed by atoms with Crippen molar-refractivity contribution in [1.82, 2.24) is 15.0 Å². The maximum atomic E-state index is 12.5. The molecule has 1 aromatic carbocycles. The Morgan fingerprint density at radius 2 is 1.85 bits per heavy atom. The van der Waals surface area contributed by atoms with Gasteiger partial charge in [0.2, 0.25) is 5.95 Å². The van der Waals surface area contributed by atoms with Crippen LogP contribution < -0.4 is 46.0 Å². The van der Waals surface area contributed by atoms with Crippen molar-refractivity contribution in [2.24, 2.45) is 5.92 Å². The van der Waals surface area contributed by atoms with Crippen LogP contribution in [0.4, 0.5) is 5.95 Å². The first-order valence-corrected chi connectivity index (χ1v) is 10.0. The number of nitrogen functional groups attached to an aromatic ring is 1. The van der Waals surface area contributed by atoms with E-state index < -0.39 is 17.9 Å². The summed E-state index contributed by atoms with van der Waals surface area (Å²) >= 11 is 0. The average Bonchev–Trinajstić information content (AvgIpc) is 3.17. The van der Waals surface area contributed by atoms with E-state index in [1.54, 1.807) is 30.5 Å². The van der Waals surface area contributed by atoms with Gasteiger partial charge in [-0.2, -0.15) is 4.98 Å². The number of hydrogen-bond acceptors (Lipinski definition) is 8. The maximum absolute atomic E-state index is 12.5. The zero-order chi connectivity index (χ0) is 23.3. The first-order chi connectivity index (χ1) is 15.3. The number of carbonyl (C=O) groups excluding carboxylic acids is 3. The molecule has 0 bridgehead atoms. The zero-order valence-electron chi connectivity index (χ0n) is 18.5. The molecule has 0 fully saturated rings. The molecule has 4 N–H and O–H groups in total. The summed E-state index contributed by atoms with van der Waals surface area (Å²) < 4.78 is 4.50. The number of benzene rings is 1. The number of aromatic amines is 2. The van der Waals surface area contributed by atoms with Crippen LogP contribution in [0.5, 0.6) is 0 Å². The van der Waals surface area contributed by atoms with Crippen LogP contribution in [0, 0.1) is 5.92 Å². The number of methoxy groups -OCH3 is 1. The molecule has 2 aromatic heterocycles. The summed E-state index contributed by atoms with van der Waals surface area (Å²) in [5, 5.41) is 11.8. The van der Waals surface area contributed by atoms with Crippen LogP contribution in [0.25, 0.3) is 11.0 Å². The standard InChI is InChI=1S/C22H24N4O6.CH4.Na/c1-32-17(28)9-8-14(21(30)31)10-16(27)13-5-2-12(3-6-13)4-7-15-11-24-19-18(15)20(29)26-22(23)25-19;;/h2-3,5-6,11,14H,4,7-10H2,1H3,(H,30,31)(H4,23,24,25,26,29);1H4;/q;;+1/p-1/t14-;;/m1../s1. The van der Waals surface area contributed by atoms with Gasteiger partial charge in [-0.1, -0.05) is 31.7 Å². The predicted molar refractivity (Wildman–Crippen MR) is 120 cm³/mol. The molecule has 176 valence electrons. The van der Waals surface area contributed by atoms with E-state index in [2.05, 4.69) is 19.7 Å². The fourth-order valence-corrected chi connectivity index (χ4v) is 3.49. The van der Waals surface area contributed by atoms with E-state index in [0.29, 0.717) is 29.4 Å². The Morgan fingerprint density at radius 1 is 1.18 bits per heavy atom. The summed E-state index contributed by atoms with van der Waals surface area (Å²) in [5.41, 5.74) is 7.79. The second-order valence-corrected chi connectivity index (χ2v) is 7.44. The number of ether oxygens (including phenoxy) is 1. The third-order valence-electron chi connectivity index (χ3n) is 5.29. The van der Waals surface area contributed by atoms with Crippen molar-refractivity contribution in [3.8, 4) is 0 Å². The Balaban J connectivity index is 0.00000289. The quantitative estimate of drug-likeness (QED) is 0.173. The summed E-state index contributed by atoms with van der Waals surface area (Å²) in [5.74, 6) is -3.28. The molecule has 2 heterocycles. The number of ketones is 1. The number of H-pyrrole nitrogens is 2. The van der Waals surface area contributed by atoms with Crippen molar-refractivity contribution >= 4 is 34.7 Å². The van der Waals surface area contributed by atoms with Gasteiger partial charge in [0.25, 0.3) is 5.56 Å². The number of esters is 1. The van der Waals surface area contributed by atoms with Crippen LogP contribution in [0.3, 0.4) is 0 Å². The van der Waals surface area contributed by atoms with Gasteiger partial charge in [0, 0.05) is 36.5 Å². The minimum Gasteiger partial charge on any atom is -0.550 e. The number of anilines is 1. The van der Waals surface area contributed by atoms with Crippen LogP contribution in [-0.2, 0) is 27.2 Å². The Bertz CT molecular complexity index is 1200. The number of nitrogens with one attached hydrogen (secondary N) is 2. The van der Waals surface area contributed by atoms with Gasteiger partial charge in [-0.25, -0.2) is 0 Å². The monoisotopic (exact) mass is 478 g/mol. The molecule has 0 saturated heterocycles. The van der Waals surface area contributed by atoms with Crippen LogP contribution in [-0.4, -0.2) is 39.8 Å². The van der Waals surface area contributed by atoms with E-state index in [1.165, 1.54) is 7.11 Å². The second-order valence-electron chi connectivity index (χ2n) is 7.44. The second kappa shape index (κ2) is 13.1. The van der Waals surface area contributed by atoms with Gasteiger partial charge in [-0.15, -0.1) is 0 Å². The summed E-state index contributed by atoms with van der Waals surface area (Å²) in [7, 11) is 1.21. The molecule has 1 atom stereocenters. The van der Waals surface area contributed by atoms with Gasteiger partial charge in [0.1, 0.15) is 5.65 Å². The van der Waals surface area contributed by atoms with E-state index in [4.69, 9.17) is 5.73 Å². The van der Waals surface area contributed by atoms with Gasteiger partial charge in [0.05, 0.1) is 12.5 Å². The van der Waals surface area contributed by atoms with Crippen LogP contribution in [0.15, 0.2) is 35.3 Å². The van der Waals surface area contributed by atoms with E-state index in [1.807, 2.05) is 0 Å². The van der Waals surface area contributed by atoms with Crippen LogP contribution >= 0.6 is 0 Å². The van der Waals surface area contributed by atoms with Crippen molar-refractivity contribution in [3.63, 3.8) is 0 Å². The first kappa shape index (κ1) is 29.1. The molecule has 0 unspecified atom stereocenters. The predicted octanol–water partition coefficient (Wildman–Crippen LogP) is -1.85. The Hall–Kier alpha value is -2.95. The van der Waals surface area contributed by atoms with E-state index in [0.717, 1.165) is 11.1 Å². The molecule has 0 aliphatic heterocycles. The van der Waals surface area contributed by atoms with E-state index >= 15 is 0 Å². The Labute approximate surface area is 218 Å². The SMILES string of the molecule is C.COC(=O)CC[C@H](CC(=O)c1ccc(CCc2c[nH]c3nc(N)[nH]c(=O)c23)cc1)C(=O)[O-].[Na+]. The largest absolute Gasteiger partial charge is 1.00 e. The van der Waals surface area contributed by atoms with Crippen LogP contribution in [0.2, 0.25) is 0 Å². The van der Waals surface area contributed by atoms with Gasteiger partial charge in [-0.05, 0) is 30.4 Å². The molecular formula is C23H27N4NaO6. The molecule has 0 radical (unpaired) electrons. The van der Waals surface area contributed by atoms with Crippen molar-refractivity contribution in [1.29, 1.82) is 0 Å². The number of hydrogen-bond donors (Lipinski definition) is 3. The number of nitrogens with zero attached hydrogens (tertiary/aromatic N) is 1. The van der Waals surface area contributed by atoms with Crippen molar-refractivity contribution < 1.29 is 53.8 Å². The number of nitrogens with two attached hydrogens (primary N) is 1. The number of aryl methyl sites for hydroxylation is 2. The number of carboxylic acids is 1. The van der Waals surface area contributed by atoms with Gasteiger partial charge in [-0.3, -0.25) is 19.4 Å². The van der Waals surface area contributed by atoms with Crippen molar-refractivity contribution in [2.45, 2.75) is 39.5 Å². The molecular weight excluding hydrogens is 451 g/mol. The first-order valence-electron chi connectivity index (χ1n) is 10.0. The topological polar surface area (TPSA) is 171 Å². The normalized spacial score (nSPS) is 11.2. The summed E-state index contributed by atoms with van der Waals surface area (Å²) in [6.45, 7) is 0. The fourth-order valence-electron chi connectivity index (χ4n) is 3.49. The molecule has 3 aromatic rings. The van der Waals surface area contributed by atoms with Gasteiger partial charge >= 0.3 is 35.5 Å². The Kier molecular flexibility index (Phi) is 11.2. The van der Waals surface area contributed by atoms with Gasteiger partial charge in [0.15, 0.2) is 5.78 Å². The smallest absolute Gasteiger partial charge is 0.550 e. The average molecular weight is 478 g/mol. The molecule has 11 heteroatoms. The van der Waals surface area contributed by atoms with Gasteiger partial charge < -0.3 is 25.4 Å². The van der Waals surface area contributed by atoms with Crippen molar-refractivity contribution in [3.05, 3.63) is 57.5 Å². The molecule has 34 heavy (non-hydrogen) atoms. The molecule has 3 rings (SSSR count). The minimum absolute atomic E-state index is 0. The van der Waals surface area contributed by atoms with Crippen molar-refractivity contribution in [2.75, 3.05) is 12.8 Å². The maximum Gasteiger partial charge on any atom is 1.00 e. The minimum atomic E-state index is -1.37. The molecule has 0 aliphatic carbocycles. The number of carboxylic acid groups (broad SMARTS) is 1. The molecule has 0 aliphatic rings. The summed E-state index contributed by atoms with van der Waals surface area (Å²) in [6.07, 6.45) is 2.53. The summed E-state index contributed by atoms with van der Waals surface area (Å²) in [4.78, 5) is 56.6. The van der Waals surface area contributed by atoms with E-state index in [9.17, 15) is 24.3 Å². The zero-order valence-corrected chi connectivity index (χ0v) is 20.5. The molecule has 0 saturated carbocycles. The summed E-state index contributed by atoms with van der Waals surface area (Å²) in [6, 6.07) is 6.83. The number of fused-ring (bicyclic) bond motifs is 1. The molecule has 0 amide bonds. The number of carbonyl (C=O) groups is 3. The fraction of sp³-hybridized carbons (Fsp3) is 0.348. The number of rotatable bonds is 10. The molecule has 10 nitrogen and oxygen atoms in total. The number of aromatic nitrogens is 3. The number of aliphatic carboxylic acids is 1. The Morgan fingerprint density at radius 3 is 2.47 bits per heavy atom. The third kappa shape index (κ3) is 7.28. The molecule has 0 spiro atoms.